The van der Waals surface area contributed by atoms with Crippen LogP contribution in [0.25, 0.3) is 6.08 Å². The first-order valence-electron chi connectivity index (χ1n) is 8.98. The number of nitrogens with zero attached hydrogens (tertiary/aromatic N) is 2. The number of carbonyl (C=O) groups excluding carboxylic acids is 1. The summed E-state index contributed by atoms with van der Waals surface area (Å²) in [7, 11) is 2.18. The normalized spacial score (nSPS) is 22.4. The van der Waals surface area contributed by atoms with Crippen molar-refractivity contribution in [3.05, 3.63) is 52.1 Å². The highest BCUT2D eigenvalue weighted by molar-refractivity contribution is 7.10. The minimum atomic E-state index is 0.115. The van der Waals surface area contributed by atoms with Crippen molar-refractivity contribution in [2.75, 3.05) is 26.7 Å². The van der Waals surface area contributed by atoms with E-state index in [4.69, 9.17) is 4.42 Å². The van der Waals surface area contributed by atoms with Gasteiger partial charge in [-0.25, -0.2) is 0 Å². The summed E-state index contributed by atoms with van der Waals surface area (Å²) in [5, 5.41) is 2.18. The predicted molar refractivity (Wildman–Crippen MR) is 100 cm³/mol. The van der Waals surface area contributed by atoms with E-state index in [1.54, 1.807) is 18.6 Å². The Labute approximate surface area is 152 Å². The molecule has 4 heterocycles. The summed E-state index contributed by atoms with van der Waals surface area (Å²) < 4.78 is 5.08. The zero-order chi connectivity index (χ0) is 17.2. The molecule has 4 rings (SSSR count). The van der Waals surface area contributed by atoms with E-state index in [1.807, 2.05) is 23.5 Å². The zero-order valence-electron chi connectivity index (χ0n) is 14.6. The van der Waals surface area contributed by atoms with E-state index < -0.39 is 0 Å². The molecule has 2 aliphatic heterocycles. The summed E-state index contributed by atoms with van der Waals surface area (Å²) in [6, 6.07) is 4.34. The maximum atomic E-state index is 12.9. The Morgan fingerprint density at radius 2 is 2.12 bits per heavy atom. The van der Waals surface area contributed by atoms with Gasteiger partial charge < -0.3 is 14.2 Å². The van der Waals surface area contributed by atoms with Crippen LogP contribution in [0.5, 0.6) is 0 Å². The number of carbonyl (C=O) groups is 1. The lowest BCUT2D eigenvalue weighted by Gasteiger charge is -2.42. The van der Waals surface area contributed by atoms with Crippen molar-refractivity contribution < 1.29 is 9.21 Å². The van der Waals surface area contributed by atoms with Crippen LogP contribution in [0.15, 0.2) is 40.5 Å². The highest BCUT2D eigenvalue weighted by atomic mass is 32.1. The first-order valence-corrected chi connectivity index (χ1v) is 9.86. The maximum absolute atomic E-state index is 12.9. The lowest BCUT2D eigenvalue weighted by molar-refractivity contribution is -0.130. The third kappa shape index (κ3) is 3.44. The average molecular weight is 356 g/mol. The van der Waals surface area contributed by atoms with Gasteiger partial charge in [-0.15, -0.1) is 11.3 Å². The van der Waals surface area contributed by atoms with Crippen molar-refractivity contribution in [1.29, 1.82) is 0 Å². The molecule has 2 aromatic heterocycles. The Balaban J connectivity index is 1.58. The Kier molecular flexibility index (Phi) is 4.77. The van der Waals surface area contributed by atoms with Crippen LogP contribution in [-0.2, 0) is 11.2 Å². The Morgan fingerprint density at radius 3 is 2.88 bits per heavy atom. The predicted octanol–water partition coefficient (Wildman–Crippen LogP) is 3.82. The fourth-order valence-electron chi connectivity index (χ4n) is 4.03. The van der Waals surface area contributed by atoms with Gasteiger partial charge in [0.25, 0.3) is 0 Å². The second-order valence-electron chi connectivity index (χ2n) is 7.07. The van der Waals surface area contributed by atoms with Gasteiger partial charge in [0, 0.05) is 23.1 Å². The molecule has 1 saturated heterocycles. The molecule has 0 N–H and O–H groups in total. The van der Waals surface area contributed by atoms with E-state index in [9.17, 15) is 4.79 Å². The largest absolute Gasteiger partial charge is 0.472 e. The van der Waals surface area contributed by atoms with Gasteiger partial charge in [-0.1, -0.05) is 0 Å². The fourth-order valence-corrected chi connectivity index (χ4v) is 5.19. The fraction of sp³-hybridized carbons (Fsp3) is 0.450. The molecule has 25 heavy (non-hydrogen) atoms. The molecule has 1 atom stereocenters. The molecule has 0 bridgehead atoms. The van der Waals surface area contributed by atoms with E-state index in [-0.39, 0.29) is 11.9 Å². The van der Waals surface area contributed by atoms with Crippen molar-refractivity contribution in [1.82, 2.24) is 9.80 Å². The standard InChI is InChI=1S/C20H24N2O2S/c1-21-9-4-16(5-10-21)19-20-17(8-13-25-20)6-11-22(19)18(23)3-2-15-7-12-24-14-15/h2-3,7-8,12-14,16,19H,4-6,9-11H2,1H3/b3-2+. The van der Waals surface area contributed by atoms with Crippen molar-refractivity contribution in [2.45, 2.75) is 25.3 Å². The second-order valence-corrected chi connectivity index (χ2v) is 8.01. The highest BCUT2D eigenvalue weighted by Crippen LogP contribution is 2.42. The van der Waals surface area contributed by atoms with Crippen LogP contribution in [0.1, 0.15) is 34.9 Å². The number of furan rings is 1. The van der Waals surface area contributed by atoms with E-state index in [0.717, 1.165) is 44.5 Å². The van der Waals surface area contributed by atoms with Crippen LogP contribution < -0.4 is 0 Å². The monoisotopic (exact) mass is 356 g/mol. The Bertz CT molecular complexity index is 742. The highest BCUT2D eigenvalue weighted by Gasteiger charge is 2.37. The molecule has 0 aliphatic carbocycles. The number of hydrogen-bond acceptors (Lipinski definition) is 4. The first-order chi connectivity index (χ1) is 12.2. The molecule has 0 aromatic carbocycles. The molecule has 1 unspecified atom stereocenters. The SMILES string of the molecule is CN1CCC(C2c3sccc3CCN2C(=O)/C=C/c2ccoc2)CC1. The average Bonchev–Trinajstić information content (AvgIpc) is 3.31. The molecule has 4 nitrogen and oxygen atoms in total. The van der Waals surface area contributed by atoms with Gasteiger partial charge >= 0.3 is 0 Å². The number of rotatable bonds is 3. The summed E-state index contributed by atoms with van der Waals surface area (Å²) in [5.74, 6) is 0.671. The molecular formula is C20H24N2O2S. The number of likely N-dealkylation sites (tertiary alicyclic amines) is 1. The molecule has 2 aliphatic rings. The van der Waals surface area contributed by atoms with E-state index >= 15 is 0 Å². The van der Waals surface area contributed by atoms with Gasteiger partial charge in [-0.3, -0.25) is 4.79 Å². The van der Waals surface area contributed by atoms with Gasteiger partial charge in [-0.2, -0.15) is 0 Å². The summed E-state index contributed by atoms with van der Waals surface area (Å²) in [5.41, 5.74) is 2.37. The molecule has 1 fully saturated rings. The molecule has 5 heteroatoms. The molecule has 0 spiro atoms. The van der Waals surface area contributed by atoms with E-state index in [2.05, 4.69) is 28.3 Å². The second kappa shape index (κ2) is 7.18. The van der Waals surface area contributed by atoms with Gasteiger partial charge in [0.05, 0.1) is 18.6 Å². The summed E-state index contributed by atoms with van der Waals surface area (Å²) in [4.78, 5) is 18.8. The number of hydrogen-bond donors (Lipinski definition) is 0. The molecule has 0 saturated carbocycles. The summed E-state index contributed by atoms with van der Waals surface area (Å²) in [6.07, 6.45) is 10.1. The van der Waals surface area contributed by atoms with Gasteiger partial charge in [0.1, 0.15) is 0 Å². The van der Waals surface area contributed by atoms with Gasteiger partial charge in [0.15, 0.2) is 0 Å². The third-order valence-corrected chi connectivity index (χ3v) is 6.49. The molecule has 2 aromatic rings. The maximum Gasteiger partial charge on any atom is 0.247 e. The van der Waals surface area contributed by atoms with Crippen LogP contribution in [0.3, 0.4) is 0 Å². The quantitative estimate of drug-likeness (QED) is 0.785. The van der Waals surface area contributed by atoms with E-state index in [1.165, 1.54) is 10.4 Å². The third-order valence-electron chi connectivity index (χ3n) is 5.46. The first kappa shape index (κ1) is 16.6. The van der Waals surface area contributed by atoms with Gasteiger partial charge in [0.2, 0.25) is 5.91 Å². The summed E-state index contributed by atoms with van der Waals surface area (Å²) in [6.45, 7) is 3.05. The van der Waals surface area contributed by atoms with Crippen molar-refractivity contribution >= 4 is 23.3 Å². The molecule has 132 valence electrons. The number of amides is 1. The topological polar surface area (TPSA) is 36.7 Å². The van der Waals surface area contributed by atoms with Crippen molar-refractivity contribution in [3.8, 4) is 0 Å². The van der Waals surface area contributed by atoms with Gasteiger partial charge in [-0.05, 0) is 74.5 Å². The van der Waals surface area contributed by atoms with Crippen LogP contribution in [-0.4, -0.2) is 42.4 Å². The smallest absolute Gasteiger partial charge is 0.247 e. The molecular weight excluding hydrogens is 332 g/mol. The Hall–Kier alpha value is -1.85. The van der Waals surface area contributed by atoms with Crippen LogP contribution in [0.4, 0.5) is 0 Å². The number of piperidine rings is 1. The summed E-state index contributed by atoms with van der Waals surface area (Å²) >= 11 is 1.82. The molecule has 0 radical (unpaired) electrons. The Morgan fingerprint density at radius 1 is 1.28 bits per heavy atom. The lowest BCUT2D eigenvalue weighted by Crippen LogP contribution is -2.44. The molecule has 1 amide bonds. The number of fused-ring (bicyclic) bond motifs is 1. The zero-order valence-corrected chi connectivity index (χ0v) is 15.4. The minimum absolute atomic E-state index is 0.115. The minimum Gasteiger partial charge on any atom is -0.472 e. The van der Waals surface area contributed by atoms with Crippen LogP contribution >= 0.6 is 11.3 Å². The van der Waals surface area contributed by atoms with Crippen molar-refractivity contribution in [3.63, 3.8) is 0 Å². The lowest BCUT2D eigenvalue weighted by atomic mass is 9.84. The number of thiophene rings is 1. The van der Waals surface area contributed by atoms with Crippen LogP contribution in [0, 0.1) is 5.92 Å². The van der Waals surface area contributed by atoms with E-state index in [0.29, 0.717) is 5.92 Å². The van der Waals surface area contributed by atoms with Crippen molar-refractivity contribution in [2.24, 2.45) is 5.92 Å². The van der Waals surface area contributed by atoms with Crippen LogP contribution in [0.2, 0.25) is 0 Å².